The molecule has 0 heterocycles. The molecule has 2 nitrogen and oxygen atoms in total. The molecule has 11 heavy (non-hydrogen) atoms. The van der Waals surface area contributed by atoms with Crippen LogP contribution in [0.4, 0.5) is 13.2 Å². The summed E-state index contributed by atoms with van der Waals surface area (Å²) in [4.78, 5) is 0. The molecule has 1 atom stereocenters. The van der Waals surface area contributed by atoms with E-state index in [9.17, 15) is 13.2 Å². The van der Waals surface area contributed by atoms with E-state index >= 15 is 0 Å². The Labute approximate surface area is 62.9 Å². The van der Waals surface area contributed by atoms with Gasteiger partial charge in [0.05, 0.1) is 6.42 Å². The molecule has 5 heteroatoms. The maximum atomic E-state index is 11.8. The zero-order chi connectivity index (χ0) is 8.48. The molecule has 1 aliphatic rings. The van der Waals surface area contributed by atoms with Crippen LogP contribution in [0.5, 0.6) is 0 Å². The minimum Gasteiger partial charge on any atom is -0.271 e. The number of hydrazine groups is 1. The van der Waals surface area contributed by atoms with Crippen LogP contribution in [-0.2, 0) is 0 Å². The Morgan fingerprint density at radius 1 is 1.45 bits per heavy atom. The second-order valence-electron chi connectivity index (χ2n) is 2.93. The molecule has 0 spiro atoms. The molecule has 0 aromatic rings. The Hall–Kier alpha value is -0.290. The van der Waals surface area contributed by atoms with Crippen molar-refractivity contribution >= 4 is 0 Å². The first kappa shape index (κ1) is 8.80. The summed E-state index contributed by atoms with van der Waals surface area (Å²) in [7, 11) is 0. The molecule has 0 aliphatic heterocycles. The van der Waals surface area contributed by atoms with E-state index in [0.29, 0.717) is 0 Å². The molecule has 0 saturated heterocycles. The average molecular weight is 168 g/mol. The monoisotopic (exact) mass is 168 g/mol. The van der Waals surface area contributed by atoms with Crippen molar-refractivity contribution in [2.24, 2.45) is 11.8 Å². The van der Waals surface area contributed by atoms with E-state index in [2.05, 4.69) is 5.43 Å². The zero-order valence-electron chi connectivity index (χ0n) is 5.99. The number of hydrogen-bond donors (Lipinski definition) is 2. The van der Waals surface area contributed by atoms with Gasteiger partial charge in [-0.15, -0.1) is 0 Å². The highest BCUT2D eigenvalue weighted by molar-refractivity contribution is 4.86. The Balaban J connectivity index is 2.31. The third-order valence-corrected chi connectivity index (χ3v) is 1.86. The Morgan fingerprint density at radius 3 is 2.27 bits per heavy atom. The first-order chi connectivity index (χ1) is 5.03. The maximum Gasteiger partial charge on any atom is 0.390 e. The van der Waals surface area contributed by atoms with E-state index in [0.717, 1.165) is 12.8 Å². The van der Waals surface area contributed by atoms with Crippen molar-refractivity contribution in [2.75, 3.05) is 0 Å². The number of halogens is 3. The van der Waals surface area contributed by atoms with Gasteiger partial charge in [0.15, 0.2) is 0 Å². The van der Waals surface area contributed by atoms with Crippen LogP contribution in [0, 0.1) is 5.92 Å². The molecular formula is C6H11F3N2. The molecule has 0 bridgehead atoms. The lowest BCUT2D eigenvalue weighted by Crippen LogP contribution is -2.40. The second kappa shape index (κ2) is 2.98. The zero-order valence-corrected chi connectivity index (χ0v) is 5.99. The standard InChI is InChI=1S/C6H11F3N2/c7-6(8,9)3-5(11-10)4-1-2-4/h4-5,11H,1-3,10H2. The molecule has 0 amide bonds. The van der Waals surface area contributed by atoms with Crippen LogP contribution in [0.15, 0.2) is 0 Å². The summed E-state index contributed by atoms with van der Waals surface area (Å²) in [6.07, 6.45) is -3.18. The van der Waals surface area contributed by atoms with Crippen LogP contribution >= 0.6 is 0 Å². The summed E-state index contributed by atoms with van der Waals surface area (Å²) >= 11 is 0. The van der Waals surface area contributed by atoms with Crippen LogP contribution in [0.2, 0.25) is 0 Å². The van der Waals surface area contributed by atoms with Crippen LogP contribution in [0.25, 0.3) is 0 Å². The fourth-order valence-electron chi connectivity index (χ4n) is 1.11. The number of hydrogen-bond acceptors (Lipinski definition) is 2. The first-order valence-corrected chi connectivity index (χ1v) is 3.56. The number of alkyl halides is 3. The predicted molar refractivity (Wildman–Crippen MR) is 34.5 cm³/mol. The van der Waals surface area contributed by atoms with E-state index in [1.54, 1.807) is 0 Å². The van der Waals surface area contributed by atoms with Crippen molar-refractivity contribution in [3.05, 3.63) is 0 Å². The summed E-state index contributed by atoms with van der Waals surface area (Å²) in [5, 5.41) is 0. The SMILES string of the molecule is NNC(CC(F)(F)F)C1CC1. The molecule has 1 saturated carbocycles. The van der Waals surface area contributed by atoms with Gasteiger partial charge < -0.3 is 0 Å². The van der Waals surface area contributed by atoms with Gasteiger partial charge in [0.25, 0.3) is 0 Å². The number of nitrogens with one attached hydrogen (secondary N) is 1. The van der Waals surface area contributed by atoms with Crippen molar-refractivity contribution in [1.29, 1.82) is 0 Å². The molecule has 1 fully saturated rings. The van der Waals surface area contributed by atoms with Crippen molar-refractivity contribution in [3.8, 4) is 0 Å². The summed E-state index contributed by atoms with van der Waals surface area (Å²) in [5.74, 6) is 5.11. The highest BCUT2D eigenvalue weighted by Gasteiger charge is 2.39. The van der Waals surface area contributed by atoms with Gasteiger partial charge in [-0.2, -0.15) is 13.2 Å². The van der Waals surface area contributed by atoms with Gasteiger partial charge in [-0.25, -0.2) is 0 Å². The number of rotatable bonds is 3. The van der Waals surface area contributed by atoms with E-state index in [-0.39, 0.29) is 5.92 Å². The molecule has 3 N–H and O–H groups in total. The molecule has 0 radical (unpaired) electrons. The predicted octanol–water partition coefficient (Wildman–Crippen LogP) is 1.18. The normalized spacial score (nSPS) is 21.8. The number of nitrogens with two attached hydrogens (primary N) is 1. The second-order valence-corrected chi connectivity index (χ2v) is 2.93. The van der Waals surface area contributed by atoms with Crippen molar-refractivity contribution < 1.29 is 13.2 Å². The van der Waals surface area contributed by atoms with Gasteiger partial charge in [-0.3, -0.25) is 11.3 Å². The van der Waals surface area contributed by atoms with E-state index in [1.807, 2.05) is 0 Å². The molecular weight excluding hydrogens is 157 g/mol. The van der Waals surface area contributed by atoms with Gasteiger partial charge in [0, 0.05) is 6.04 Å². The molecule has 1 rings (SSSR count). The summed E-state index contributed by atoms with van der Waals surface area (Å²) < 4.78 is 35.4. The maximum absolute atomic E-state index is 11.8. The average Bonchev–Trinajstić information content (AvgIpc) is 2.61. The summed E-state index contributed by atoms with van der Waals surface area (Å²) in [6.45, 7) is 0. The Bertz CT molecular complexity index is 130. The van der Waals surface area contributed by atoms with Gasteiger partial charge in [0.2, 0.25) is 0 Å². The molecule has 0 aromatic heterocycles. The minimum absolute atomic E-state index is 0.140. The van der Waals surface area contributed by atoms with Crippen molar-refractivity contribution in [3.63, 3.8) is 0 Å². The largest absolute Gasteiger partial charge is 0.390 e. The third kappa shape index (κ3) is 3.07. The highest BCUT2D eigenvalue weighted by atomic mass is 19.4. The van der Waals surface area contributed by atoms with Crippen LogP contribution < -0.4 is 11.3 Å². The highest BCUT2D eigenvalue weighted by Crippen LogP contribution is 2.37. The third-order valence-electron chi connectivity index (χ3n) is 1.86. The lowest BCUT2D eigenvalue weighted by atomic mass is 10.1. The summed E-state index contributed by atoms with van der Waals surface area (Å²) in [5.41, 5.74) is 2.20. The Kier molecular flexibility index (Phi) is 2.39. The van der Waals surface area contributed by atoms with Crippen LogP contribution in [0.3, 0.4) is 0 Å². The Morgan fingerprint density at radius 2 is 2.00 bits per heavy atom. The fourth-order valence-corrected chi connectivity index (χ4v) is 1.11. The van der Waals surface area contributed by atoms with Crippen molar-refractivity contribution in [1.82, 2.24) is 5.43 Å². The lowest BCUT2D eigenvalue weighted by Gasteiger charge is -2.16. The summed E-state index contributed by atoms with van der Waals surface area (Å²) in [6, 6.07) is -0.574. The van der Waals surface area contributed by atoms with Gasteiger partial charge in [-0.05, 0) is 18.8 Å². The first-order valence-electron chi connectivity index (χ1n) is 3.56. The van der Waals surface area contributed by atoms with Crippen LogP contribution in [-0.4, -0.2) is 12.2 Å². The van der Waals surface area contributed by atoms with Gasteiger partial charge in [-0.1, -0.05) is 0 Å². The molecule has 66 valence electrons. The van der Waals surface area contributed by atoms with Crippen LogP contribution in [0.1, 0.15) is 19.3 Å². The fraction of sp³-hybridized carbons (Fsp3) is 1.00. The quantitative estimate of drug-likeness (QED) is 0.490. The molecule has 1 aliphatic carbocycles. The minimum atomic E-state index is -4.10. The molecule has 0 aromatic carbocycles. The lowest BCUT2D eigenvalue weighted by molar-refractivity contribution is -0.141. The molecule has 1 unspecified atom stereocenters. The van der Waals surface area contributed by atoms with Gasteiger partial charge >= 0.3 is 6.18 Å². The van der Waals surface area contributed by atoms with E-state index in [4.69, 9.17) is 5.84 Å². The van der Waals surface area contributed by atoms with E-state index in [1.165, 1.54) is 0 Å². The smallest absolute Gasteiger partial charge is 0.271 e. The van der Waals surface area contributed by atoms with Gasteiger partial charge in [0.1, 0.15) is 0 Å². The topological polar surface area (TPSA) is 38.0 Å². The van der Waals surface area contributed by atoms with Crippen molar-refractivity contribution in [2.45, 2.75) is 31.5 Å². The van der Waals surface area contributed by atoms with E-state index < -0.39 is 18.6 Å².